The number of nitrogens with zero attached hydrogens (tertiary/aromatic N) is 3. The number of aryl methyl sites for hydroxylation is 4. The van der Waals surface area contributed by atoms with Crippen LogP contribution in [0.25, 0.3) is 5.69 Å². The molecule has 0 saturated heterocycles. The van der Waals surface area contributed by atoms with Gasteiger partial charge in [0.2, 0.25) is 5.91 Å². The highest BCUT2D eigenvalue weighted by atomic mass is 35.5. The van der Waals surface area contributed by atoms with E-state index < -0.39 is 0 Å². The Bertz CT molecular complexity index is 1240. The summed E-state index contributed by atoms with van der Waals surface area (Å²) in [5, 5.41) is 13.2. The number of hydrogen-bond acceptors (Lipinski definition) is 4. The van der Waals surface area contributed by atoms with Gasteiger partial charge in [-0.1, -0.05) is 65.8 Å². The van der Waals surface area contributed by atoms with Gasteiger partial charge in [-0.3, -0.25) is 9.36 Å². The monoisotopic (exact) mass is 476 g/mol. The molecule has 0 saturated carbocycles. The third kappa shape index (κ3) is 6.03. The van der Waals surface area contributed by atoms with Gasteiger partial charge in [0.05, 0.1) is 5.75 Å². The van der Waals surface area contributed by atoms with Gasteiger partial charge in [0.15, 0.2) is 5.16 Å². The van der Waals surface area contributed by atoms with E-state index in [1.165, 1.54) is 17.3 Å². The topological polar surface area (TPSA) is 59.8 Å². The molecule has 0 radical (unpaired) electrons. The Hall–Kier alpha value is -3.09. The van der Waals surface area contributed by atoms with Gasteiger partial charge < -0.3 is 5.32 Å². The van der Waals surface area contributed by atoms with Gasteiger partial charge >= 0.3 is 0 Å². The SMILES string of the molecule is Cc1ccc(C)c(NC(=O)CSc2nnc(CCc3ccccc3)n2-c2ccc(Cl)cc2)c1. The number of benzene rings is 3. The number of carbonyl (C=O) groups excluding carboxylic acids is 1. The molecule has 0 bridgehead atoms. The third-order valence-corrected chi connectivity index (χ3v) is 6.45. The lowest BCUT2D eigenvalue weighted by molar-refractivity contribution is -0.113. The van der Waals surface area contributed by atoms with Crippen LogP contribution in [-0.4, -0.2) is 26.4 Å². The summed E-state index contributed by atoms with van der Waals surface area (Å²) in [6.07, 6.45) is 1.58. The Labute approximate surface area is 203 Å². The number of nitrogens with one attached hydrogen (secondary N) is 1. The van der Waals surface area contributed by atoms with E-state index in [0.717, 1.165) is 41.2 Å². The number of amides is 1. The number of aromatic nitrogens is 3. The maximum absolute atomic E-state index is 12.7. The zero-order valence-corrected chi connectivity index (χ0v) is 20.2. The molecule has 4 rings (SSSR count). The molecule has 0 unspecified atom stereocenters. The molecule has 1 heterocycles. The smallest absolute Gasteiger partial charge is 0.234 e. The second kappa shape index (κ2) is 10.7. The number of thioether (sulfide) groups is 1. The number of carbonyl (C=O) groups is 1. The lowest BCUT2D eigenvalue weighted by Gasteiger charge is -2.11. The van der Waals surface area contributed by atoms with E-state index in [-0.39, 0.29) is 11.7 Å². The largest absolute Gasteiger partial charge is 0.325 e. The highest BCUT2D eigenvalue weighted by Crippen LogP contribution is 2.25. The van der Waals surface area contributed by atoms with E-state index in [2.05, 4.69) is 27.6 Å². The first-order valence-electron chi connectivity index (χ1n) is 10.7. The van der Waals surface area contributed by atoms with Crippen LogP contribution in [0.1, 0.15) is 22.5 Å². The fourth-order valence-corrected chi connectivity index (χ4v) is 4.39. The van der Waals surface area contributed by atoms with Crippen LogP contribution in [0.2, 0.25) is 5.02 Å². The summed E-state index contributed by atoms with van der Waals surface area (Å²) in [4.78, 5) is 12.7. The van der Waals surface area contributed by atoms with Crippen LogP contribution in [0.15, 0.2) is 78.0 Å². The van der Waals surface area contributed by atoms with Crippen molar-refractivity contribution in [2.75, 3.05) is 11.1 Å². The van der Waals surface area contributed by atoms with Gasteiger partial charge in [0.25, 0.3) is 0 Å². The maximum atomic E-state index is 12.7. The number of halogens is 1. The number of anilines is 1. The van der Waals surface area contributed by atoms with Crippen LogP contribution in [0, 0.1) is 13.8 Å². The number of hydrogen-bond donors (Lipinski definition) is 1. The lowest BCUT2D eigenvalue weighted by atomic mass is 10.1. The van der Waals surface area contributed by atoms with Crippen LogP contribution in [0.3, 0.4) is 0 Å². The molecule has 5 nitrogen and oxygen atoms in total. The van der Waals surface area contributed by atoms with Crippen molar-refractivity contribution in [3.05, 3.63) is 100 Å². The summed E-state index contributed by atoms with van der Waals surface area (Å²) in [5.41, 5.74) is 5.14. The average molecular weight is 477 g/mol. The van der Waals surface area contributed by atoms with Gasteiger partial charge in [-0.15, -0.1) is 10.2 Å². The van der Waals surface area contributed by atoms with E-state index in [0.29, 0.717) is 10.2 Å². The minimum atomic E-state index is -0.0785. The predicted molar refractivity (Wildman–Crippen MR) is 135 cm³/mol. The average Bonchev–Trinajstić information content (AvgIpc) is 3.23. The molecule has 1 aromatic heterocycles. The molecule has 4 aromatic rings. The summed E-state index contributed by atoms with van der Waals surface area (Å²) in [6.45, 7) is 3.99. The molecule has 3 aromatic carbocycles. The minimum absolute atomic E-state index is 0.0785. The Morgan fingerprint density at radius 3 is 2.48 bits per heavy atom. The normalized spacial score (nSPS) is 10.9. The van der Waals surface area contributed by atoms with Gasteiger partial charge in [-0.2, -0.15) is 0 Å². The van der Waals surface area contributed by atoms with Gasteiger partial charge in [-0.25, -0.2) is 0 Å². The molecule has 1 N–H and O–H groups in total. The molecular weight excluding hydrogens is 452 g/mol. The molecule has 1 amide bonds. The van der Waals surface area contributed by atoms with E-state index in [4.69, 9.17) is 11.6 Å². The van der Waals surface area contributed by atoms with Gasteiger partial charge in [0.1, 0.15) is 5.82 Å². The first-order chi connectivity index (χ1) is 16.0. The van der Waals surface area contributed by atoms with E-state index >= 15 is 0 Å². The van der Waals surface area contributed by atoms with Crippen molar-refractivity contribution < 1.29 is 4.79 Å². The first kappa shape index (κ1) is 23.1. The minimum Gasteiger partial charge on any atom is -0.325 e. The molecule has 0 aliphatic heterocycles. The first-order valence-corrected chi connectivity index (χ1v) is 12.1. The molecular formula is C26H25ClN4OS. The second-order valence-electron chi connectivity index (χ2n) is 7.85. The third-order valence-electron chi connectivity index (χ3n) is 5.26. The summed E-state index contributed by atoms with van der Waals surface area (Å²) < 4.78 is 2.01. The van der Waals surface area contributed by atoms with Crippen molar-refractivity contribution in [1.82, 2.24) is 14.8 Å². The van der Waals surface area contributed by atoms with Crippen molar-refractivity contribution in [1.29, 1.82) is 0 Å². The summed E-state index contributed by atoms with van der Waals surface area (Å²) in [5.74, 6) is 1.00. The van der Waals surface area contributed by atoms with Crippen LogP contribution in [0.5, 0.6) is 0 Å². The van der Waals surface area contributed by atoms with Gasteiger partial charge in [0, 0.05) is 22.8 Å². The predicted octanol–water partition coefficient (Wildman–Crippen LogP) is 6.05. The van der Waals surface area contributed by atoms with Crippen LogP contribution >= 0.6 is 23.4 Å². The molecule has 0 fully saturated rings. The Kier molecular flexibility index (Phi) is 7.47. The highest BCUT2D eigenvalue weighted by molar-refractivity contribution is 7.99. The van der Waals surface area contributed by atoms with Crippen molar-refractivity contribution >= 4 is 35.0 Å². The van der Waals surface area contributed by atoms with Gasteiger partial charge in [-0.05, 0) is 67.3 Å². The highest BCUT2D eigenvalue weighted by Gasteiger charge is 2.16. The molecule has 0 spiro atoms. The zero-order valence-electron chi connectivity index (χ0n) is 18.6. The Morgan fingerprint density at radius 1 is 0.970 bits per heavy atom. The Balaban J connectivity index is 1.51. The van der Waals surface area contributed by atoms with Crippen molar-refractivity contribution in [2.45, 2.75) is 31.8 Å². The standard InChI is InChI=1S/C26H25ClN4OS/c1-18-8-9-19(2)23(16-18)28-25(32)17-33-26-30-29-24(15-10-20-6-4-3-5-7-20)31(26)22-13-11-21(27)12-14-22/h3-9,11-14,16H,10,15,17H2,1-2H3,(H,28,32). The summed E-state index contributed by atoms with van der Waals surface area (Å²) >= 11 is 7.47. The van der Waals surface area contributed by atoms with Crippen molar-refractivity contribution in [3.8, 4) is 5.69 Å². The molecule has 33 heavy (non-hydrogen) atoms. The number of rotatable bonds is 8. The lowest BCUT2D eigenvalue weighted by Crippen LogP contribution is -2.15. The van der Waals surface area contributed by atoms with Crippen LogP contribution in [-0.2, 0) is 17.6 Å². The van der Waals surface area contributed by atoms with Crippen LogP contribution < -0.4 is 5.32 Å². The maximum Gasteiger partial charge on any atom is 0.234 e. The van der Waals surface area contributed by atoms with E-state index in [9.17, 15) is 4.79 Å². The quantitative estimate of drug-likeness (QED) is 0.314. The Morgan fingerprint density at radius 2 is 1.73 bits per heavy atom. The molecule has 0 aliphatic carbocycles. The van der Waals surface area contributed by atoms with Crippen LogP contribution in [0.4, 0.5) is 5.69 Å². The zero-order chi connectivity index (χ0) is 23.2. The van der Waals surface area contributed by atoms with Crippen molar-refractivity contribution in [2.24, 2.45) is 0 Å². The fourth-order valence-electron chi connectivity index (χ4n) is 3.49. The van der Waals surface area contributed by atoms with E-state index in [1.54, 1.807) is 0 Å². The summed E-state index contributed by atoms with van der Waals surface area (Å²) in [6, 6.07) is 23.9. The molecule has 168 valence electrons. The summed E-state index contributed by atoms with van der Waals surface area (Å²) in [7, 11) is 0. The second-order valence-corrected chi connectivity index (χ2v) is 9.23. The molecule has 0 aliphatic rings. The molecule has 0 atom stereocenters. The fraction of sp³-hybridized carbons (Fsp3) is 0.192. The van der Waals surface area contributed by atoms with E-state index in [1.807, 2.05) is 79.1 Å². The molecule has 7 heteroatoms. The van der Waals surface area contributed by atoms with Crippen molar-refractivity contribution in [3.63, 3.8) is 0 Å².